The number of aliphatic carboxylic acids is 1. The molecule has 0 saturated heterocycles. The van der Waals surface area contributed by atoms with Crippen molar-refractivity contribution in [3.63, 3.8) is 0 Å². The SMILES string of the molecule is CC(=O)[O-].O=[N+]([O-])[O-].[O]=[U+2]=[O].[O]=[U+2]=[O]. The molecule has 0 bridgehead atoms. The normalized spacial score (nSPS) is 4.64. The molecule has 0 saturated carbocycles. The van der Waals surface area contributed by atoms with Gasteiger partial charge in [-0.15, -0.1) is 0 Å². The van der Waals surface area contributed by atoms with Gasteiger partial charge in [-0.25, -0.2) is 0 Å². The number of carboxylic acids is 1. The molecule has 0 aromatic rings. The molecule has 0 aromatic carbocycles. The monoisotopic (exact) mass is 661 g/mol. The molecule has 0 amide bonds. The van der Waals surface area contributed by atoms with Crippen LogP contribution in [0.2, 0.25) is 0 Å². The van der Waals surface area contributed by atoms with Gasteiger partial charge in [-0.05, 0) is 6.92 Å². The van der Waals surface area contributed by atoms with E-state index in [0.29, 0.717) is 0 Å². The number of hydrogen-bond acceptors (Lipinski definition) is 9. The van der Waals surface area contributed by atoms with Crippen molar-refractivity contribution in [2.75, 3.05) is 0 Å². The summed E-state index contributed by atoms with van der Waals surface area (Å²) in [5, 5.41) is 23.6. The molecule has 0 fully saturated rings. The quantitative estimate of drug-likeness (QED) is 0.211. The van der Waals surface area contributed by atoms with E-state index in [4.69, 9.17) is 34.2 Å². The molecule has 14 heavy (non-hydrogen) atoms. The van der Waals surface area contributed by atoms with E-state index in [1.54, 1.807) is 0 Å². The minimum atomic E-state index is -2.51. The van der Waals surface area contributed by atoms with Crippen LogP contribution in [0.3, 0.4) is 0 Å². The summed E-state index contributed by atoms with van der Waals surface area (Å²) >= 11 is -5.01. The van der Waals surface area contributed by atoms with Gasteiger partial charge >= 0.3 is 64.6 Å². The summed E-state index contributed by atoms with van der Waals surface area (Å²) in [5.41, 5.74) is 0. The van der Waals surface area contributed by atoms with Crippen LogP contribution in [-0.4, -0.2) is 11.1 Å². The molecule has 0 N–H and O–H groups in total. The minimum absolute atomic E-state index is 0.972. The van der Waals surface area contributed by atoms with Crippen molar-refractivity contribution in [3.8, 4) is 0 Å². The first-order chi connectivity index (χ1) is 6.29. The maximum atomic E-state index is 8.89. The second-order valence-corrected chi connectivity index (χ2v) is 2.27. The summed E-state index contributed by atoms with van der Waals surface area (Å²) in [6.45, 7) is 0.972. The van der Waals surface area contributed by atoms with Crippen LogP contribution in [0.4, 0.5) is 0 Å². The predicted molar refractivity (Wildman–Crippen MR) is 23.8 cm³/mol. The van der Waals surface area contributed by atoms with E-state index in [0.717, 1.165) is 6.92 Å². The van der Waals surface area contributed by atoms with Crippen LogP contribution in [0.1, 0.15) is 6.92 Å². The van der Waals surface area contributed by atoms with Crippen LogP contribution in [0.15, 0.2) is 0 Å². The molecule has 0 heterocycles. The van der Waals surface area contributed by atoms with E-state index in [9.17, 15) is 0 Å². The number of hydrogen-bond donors (Lipinski definition) is 0. The molecule has 0 rings (SSSR count). The van der Waals surface area contributed by atoms with Crippen molar-refractivity contribution in [1.29, 1.82) is 0 Å². The van der Waals surface area contributed by atoms with Crippen LogP contribution >= 0.6 is 0 Å². The molecule has 0 aliphatic carbocycles. The van der Waals surface area contributed by atoms with Gasteiger partial charge in [0.15, 0.2) is 0 Å². The first kappa shape index (κ1) is 23.6. The number of nitrogens with zero attached hydrogens (tertiary/aromatic N) is 1. The third kappa shape index (κ3) is 2120000. The third-order valence-electron chi connectivity index (χ3n) is 0. The fourth-order valence-corrected chi connectivity index (χ4v) is 0. The van der Waals surface area contributed by atoms with E-state index in [2.05, 4.69) is 0 Å². The first-order valence-electron chi connectivity index (χ1n) is 2.27. The number of carbonyl (C=O) groups excluding carboxylic acids is 1. The summed E-state index contributed by atoms with van der Waals surface area (Å²) in [7, 11) is 0. The second-order valence-electron chi connectivity index (χ2n) is 0.882. The average molecular weight is 661 g/mol. The number of rotatable bonds is 0. The van der Waals surface area contributed by atoms with Gasteiger partial charge in [0.05, 0.1) is 5.09 Å². The van der Waals surface area contributed by atoms with Gasteiger partial charge in [0.25, 0.3) is 0 Å². The summed E-state index contributed by atoms with van der Waals surface area (Å²) in [6.07, 6.45) is 0. The topological polar surface area (TPSA) is 175 Å². The van der Waals surface area contributed by atoms with Gasteiger partial charge in [-0.2, -0.15) is 0 Å². The van der Waals surface area contributed by atoms with Crippen molar-refractivity contribution in [1.82, 2.24) is 0 Å². The second kappa shape index (κ2) is 29.3. The Morgan fingerprint density at radius 3 is 1.07 bits per heavy atom. The standard InChI is InChI=1S/C2H4O2.NO3.4O.2U/c1-2(3)4;2-1(3)4;;;;;;/h1H3,(H,3,4);;;;;;;/q;-1;;;;;2*+2/p-1. The average Bonchev–Trinajstić information content (AvgIpc) is 1.85. The van der Waals surface area contributed by atoms with Gasteiger partial charge in [0, 0.05) is 5.97 Å². The Kier molecular flexibility index (Phi) is 49.4. The molecular weight excluding hydrogens is 658 g/mol. The molecule has 12 heteroatoms. The summed E-state index contributed by atoms with van der Waals surface area (Å²) in [6, 6.07) is 0. The molecular formula is C2H3NO9U2+2. The van der Waals surface area contributed by atoms with Gasteiger partial charge in [-0.1, -0.05) is 0 Å². The van der Waals surface area contributed by atoms with Crippen LogP contribution in [0.5, 0.6) is 0 Å². The summed E-state index contributed by atoms with van der Waals surface area (Å²) in [5.74, 6) is -1.08. The Labute approximate surface area is 107 Å². The molecule has 0 aliphatic rings. The molecule has 10 nitrogen and oxygen atoms in total. The zero-order valence-electron chi connectivity index (χ0n) is 6.62. The molecule has 0 aromatic heterocycles. The van der Waals surface area contributed by atoms with E-state index in [1.165, 1.54) is 0 Å². The Morgan fingerprint density at radius 2 is 1.07 bits per heavy atom. The molecule has 0 atom stereocenters. The fraction of sp³-hybridized carbons (Fsp3) is 0.500. The fourth-order valence-electron chi connectivity index (χ4n) is 0. The van der Waals surface area contributed by atoms with Gasteiger partial charge in [0.1, 0.15) is 0 Å². The molecule has 0 aliphatic heterocycles. The van der Waals surface area contributed by atoms with E-state index < -0.39 is 66.7 Å². The maximum absolute atomic E-state index is 8.89. The Balaban J connectivity index is -0.0000000482. The van der Waals surface area contributed by atoms with Crippen molar-refractivity contribution in [3.05, 3.63) is 15.3 Å². The van der Waals surface area contributed by atoms with Crippen LogP contribution in [-0.2, 0) is 13.7 Å². The molecule has 0 spiro atoms. The Hall–Kier alpha value is -0.0261. The predicted octanol–water partition coefficient (Wildman–Crippen LogP) is -1.96. The van der Waals surface area contributed by atoms with Crippen LogP contribution in [0, 0.1) is 71.0 Å². The van der Waals surface area contributed by atoms with Crippen LogP contribution < -0.4 is 5.11 Å². The van der Waals surface area contributed by atoms with Crippen LogP contribution in [0.25, 0.3) is 0 Å². The van der Waals surface area contributed by atoms with Crippen molar-refractivity contribution in [2.45, 2.75) is 6.92 Å². The van der Waals surface area contributed by atoms with Crippen molar-refractivity contribution >= 4 is 5.97 Å². The van der Waals surface area contributed by atoms with Crippen molar-refractivity contribution in [2.24, 2.45) is 0 Å². The zero-order chi connectivity index (χ0) is 12.6. The van der Waals surface area contributed by atoms with Gasteiger partial charge < -0.3 is 25.2 Å². The van der Waals surface area contributed by atoms with E-state index in [-0.39, 0.29) is 0 Å². The third-order valence-corrected chi connectivity index (χ3v) is 0. The number of carboxylic acid groups (broad SMARTS) is 1. The van der Waals surface area contributed by atoms with Gasteiger partial charge in [0.2, 0.25) is 0 Å². The molecule has 0 radical (unpaired) electrons. The van der Waals surface area contributed by atoms with E-state index >= 15 is 0 Å². The summed E-state index contributed by atoms with van der Waals surface area (Å²) in [4.78, 5) is 17.1. The number of carbonyl (C=O) groups is 1. The Morgan fingerprint density at radius 1 is 1.07 bits per heavy atom. The molecule has 0 unspecified atom stereocenters. The Bertz CT molecular complexity index is 181. The first-order valence-corrected chi connectivity index (χ1v) is 9.07. The van der Waals surface area contributed by atoms with E-state index in [1.807, 2.05) is 0 Å². The van der Waals surface area contributed by atoms with Gasteiger partial charge in [-0.3, -0.25) is 0 Å². The molecule has 76 valence electrons. The van der Waals surface area contributed by atoms with Crippen molar-refractivity contribution < 1.29 is 79.6 Å². The zero-order valence-corrected chi connectivity index (χ0v) is 14.9. The summed E-state index contributed by atoms with van der Waals surface area (Å²) < 4.78 is 34.3.